The SMILES string of the molecule is O=C(O)Cn1nnnc1-c1nnnn1-c1ccncc1. The number of rotatable bonds is 4. The Morgan fingerprint density at radius 2 is 1.80 bits per heavy atom. The zero-order valence-corrected chi connectivity index (χ0v) is 9.90. The molecule has 3 rings (SSSR count). The predicted octanol–water partition coefficient (Wildman–Crippen LogP) is -1.20. The van der Waals surface area contributed by atoms with Crippen LogP contribution in [0.15, 0.2) is 24.5 Å². The zero-order chi connectivity index (χ0) is 13.9. The van der Waals surface area contributed by atoms with Crippen molar-refractivity contribution in [2.45, 2.75) is 6.54 Å². The Labute approximate surface area is 110 Å². The van der Waals surface area contributed by atoms with Crippen LogP contribution in [0, 0.1) is 0 Å². The van der Waals surface area contributed by atoms with E-state index in [9.17, 15) is 4.79 Å². The second kappa shape index (κ2) is 4.79. The minimum atomic E-state index is -1.07. The van der Waals surface area contributed by atoms with E-state index in [0.29, 0.717) is 5.69 Å². The Morgan fingerprint density at radius 3 is 2.55 bits per heavy atom. The van der Waals surface area contributed by atoms with Crippen molar-refractivity contribution in [3.8, 4) is 17.3 Å². The van der Waals surface area contributed by atoms with Crippen molar-refractivity contribution in [3.05, 3.63) is 24.5 Å². The standard InChI is InChI=1S/C9H7N9O2/c19-7(20)5-17-8(11-13-15-17)9-12-14-16-18(9)6-1-3-10-4-2-6/h1-4H,5H2,(H,19,20). The highest BCUT2D eigenvalue weighted by molar-refractivity contribution is 5.67. The molecule has 0 amide bonds. The van der Waals surface area contributed by atoms with Crippen LogP contribution in [0.2, 0.25) is 0 Å². The molecule has 0 aliphatic heterocycles. The van der Waals surface area contributed by atoms with Gasteiger partial charge in [-0.1, -0.05) is 0 Å². The van der Waals surface area contributed by atoms with Gasteiger partial charge in [-0.2, -0.15) is 4.68 Å². The number of aromatic nitrogens is 9. The van der Waals surface area contributed by atoms with Crippen LogP contribution in [-0.2, 0) is 11.3 Å². The molecule has 0 saturated heterocycles. The van der Waals surface area contributed by atoms with Gasteiger partial charge in [0.25, 0.3) is 0 Å². The largest absolute Gasteiger partial charge is 0.480 e. The molecule has 0 bridgehead atoms. The predicted molar refractivity (Wildman–Crippen MR) is 61.4 cm³/mol. The van der Waals surface area contributed by atoms with Crippen molar-refractivity contribution >= 4 is 5.97 Å². The van der Waals surface area contributed by atoms with Crippen LogP contribution in [0.4, 0.5) is 0 Å². The molecular weight excluding hydrogens is 266 g/mol. The van der Waals surface area contributed by atoms with E-state index in [-0.39, 0.29) is 18.2 Å². The molecule has 0 saturated carbocycles. The highest BCUT2D eigenvalue weighted by atomic mass is 16.4. The molecule has 3 aromatic heterocycles. The maximum Gasteiger partial charge on any atom is 0.325 e. The van der Waals surface area contributed by atoms with E-state index < -0.39 is 5.97 Å². The van der Waals surface area contributed by atoms with Gasteiger partial charge in [0.05, 0.1) is 5.69 Å². The van der Waals surface area contributed by atoms with E-state index in [0.717, 1.165) is 4.68 Å². The molecule has 3 heterocycles. The fraction of sp³-hybridized carbons (Fsp3) is 0.111. The molecule has 0 fully saturated rings. The van der Waals surface area contributed by atoms with Crippen LogP contribution >= 0.6 is 0 Å². The molecule has 0 unspecified atom stereocenters. The van der Waals surface area contributed by atoms with Crippen molar-refractivity contribution in [3.63, 3.8) is 0 Å². The molecule has 0 aliphatic rings. The smallest absolute Gasteiger partial charge is 0.325 e. The monoisotopic (exact) mass is 273 g/mol. The van der Waals surface area contributed by atoms with Gasteiger partial charge in [0.1, 0.15) is 6.54 Å². The number of pyridine rings is 1. The van der Waals surface area contributed by atoms with E-state index in [1.807, 2.05) is 0 Å². The third-order valence-electron chi connectivity index (χ3n) is 2.39. The minimum Gasteiger partial charge on any atom is -0.480 e. The van der Waals surface area contributed by atoms with Crippen LogP contribution in [0.3, 0.4) is 0 Å². The molecule has 1 N–H and O–H groups in total. The lowest BCUT2D eigenvalue weighted by Crippen LogP contribution is -2.13. The fourth-order valence-corrected chi connectivity index (χ4v) is 1.59. The number of nitrogens with zero attached hydrogens (tertiary/aromatic N) is 9. The van der Waals surface area contributed by atoms with Crippen LogP contribution in [0.1, 0.15) is 0 Å². The zero-order valence-electron chi connectivity index (χ0n) is 9.90. The Kier molecular flexibility index (Phi) is 2.84. The van der Waals surface area contributed by atoms with Crippen LogP contribution in [-0.4, -0.2) is 56.5 Å². The second-order valence-electron chi connectivity index (χ2n) is 3.67. The van der Waals surface area contributed by atoms with Gasteiger partial charge in [-0.3, -0.25) is 9.78 Å². The second-order valence-corrected chi connectivity index (χ2v) is 3.67. The quantitative estimate of drug-likeness (QED) is 0.620. The summed E-state index contributed by atoms with van der Waals surface area (Å²) in [5.74, 6) is -0.668. The number of aliphatic carboxylic acids is 1. The molecule has 0 spiro atoms. The number of hydrogen-bond acceptors (Lipinski definition) is 8. The van der Waals surface area contributed by atoms with E-state index in [4.69, 9.17) is 5.11 Å². The summed E-state index contributed by atoms with van der Waals surface area (Å²) in [5.41, 5.74) is 0.657. The first kappa shape index (κ1) is 11.8. The Morgan fingerprint density at radius 1 is 1.10 bits per heavy atom. The van der Waals surface area contributed by atoms with Crippen molar-refractivity contribution in [2.24, 2.45) is 0 Å². The molecule has 20 heavy (non-hydrogen) atoms. The van der Waals surface area contributed by atoms with E-state index in [1.165, 1.54) is 4.68 Å². The molecular formula is C9H7N9O2. The maximum absolute atomic E-state index is 10.8. The number of hydrogen-bond donors (Lipinski definition) is 1. The number of tetrazole rings is 2. The van der Waals surface area contributed by atoms with Gasteiger partial charge in [-0.05, 0) is 33.0 Å². The van der Waals surface area contributed by atoms with Gasteiger partial charge < -0.3 is 5.11 Å². The molecule has 100 valence electrons. The summed E-state index contributed by atoms with van der Waals surface area (Å²) < 4.78 is 2.50. The van der Waals surface area contributed by atoms with Gasteiger partial charge in [0.2, 0.25) is 11.6 Å². The lowest BCUT2D eigenvalue weighted by Gasteiger charge is -2.03. The summed E-state index contributed by atoms with van der Waals surface area (Å²) in [5, 5.41) is 30.8. The Balaban J connectivity index is 2.07. The summed E-state index contributed by atoms with van der Waals surface area (Å²) in [6, 6.07) is 3.40. The topological polar surface area (TPSA) is 137 Å². The van der Waals surface area contributed by atoms with Gasteiger partial charge >= 0.3 is 5.97 Å². The highest BCUT2D eigenvalue weighted by Crippen LogP contribution is 2.15. The summed E-state index contributed by atoms with van der Waals surface area (Å²) >= 11 is 0. The third kappa shape index (κ3) is 2.07. The van der Waals surface area contributed by atoms with Crippen LogP contribution in [0.25, 0.3) is 17.3 Å². The van der Waals surface area contributed by atoms with E-state index >= 15 is 0 Å². The van der Waals surface area contributed by atoms with Crippen molar-refractivity contribution in [1.29, 1.82) is 0 Å². The van der Waals surface area contributed by atoms with Gasteiger partial charge in [-0.15, -0.1) is 10.2 Å². The minimum absolute atomic E-state index is 0.161. The molecule has 3 aromatic rings. The van der Waals surface area contributed by atoms with Gasteiger partial charge in [0.15, 0.2) is 0 Å². The van der Waals surface area contributed by atoms with Crippen molar-refractivity contribution in [1.82, 2.24) is 45.4 Å². The Hall–Kier alpha value is -3.24. The number of carboxylic acid groups (broad SMARTS) is 1. The maximum atomic E-state index is 10.8. The first-order chi connectivity index (χ1) is 9.75. The summed E-state index contributed by atoms with van der Waals surface area (Å²) in [7, 11) is 0. The number of carboxylic acids is 1. The van der Waals surface area contributed by atoms with Gasteiger partial charge in [0, 0.05) is 12.4 Å². The summed E-state index contributed by atoms with van der Waals surface area (Å²) in [6.45, 7) is -0.383. The third-order valence-corrected chi connectivity index (χ3v) is 2.39. The Bertz CT molecular complexity index is 735. The van der Waals surface area contributed by atoms with E-state index in [1.54, 1.807) is 24.5 Å². The molecule has 11 heteroatoms. The molecule has 0 aliphatic carbocycles. The lowest BCUT2D eigenvalue weighted by molar-refractivity contribution is -0.137. The summed E-state index contributed by atoms with van der Waals surface area (Å²) in [4.78, 5) is 14.7. The molecule has 11 nitrogen and oxygen atoms in total. The summed E-state index contributed by atoms with van der Waals surface area (Å²) in [6.07, 6.45) is 3.17. The average Bonchev–Trinajstić information content (AvgIpc) is 3.07. The normalized spacial score (nSPS) is 10.6. The average molecular weight is 273 g/mol. The first-order valence-corrected chi connectivity index (χ1v) is 5.43. The highest BCUT2D eigenvalue weighted by Gasteiger charge is 2.19. The van der Waals surface area contributed by atoms with Gasteiger partial charge in [-0.25, -0.2) is 4.68 Å². The molecule has 0 radical (unpaired) electrons. The van der Waals surface area contributed by atoms with Crippen molar-refractivity contribution < 1.29 is 9.90 Å². The van der Waals surface area contributed by atoms with Crippen molar-refractivity contribution in [2.75, 3.05) is 0 Å². The first-order valence-electron chi connectivity index (χ1n) is 5.43. The van der Waals surface area contributed by atoms with E-state index in [2.05, 4.69) is 36.0 Å². The lowest BCUT2D eigenvalue weighted by atomic mass is 10.4. The molecule has 0 atom stereocenters. The van der Waals surface area contributed by atoms with Crippen LogP contribution in [0.5, 0.6) is 0 Å². The van der Waals surface area contributed by atoms with Crippen LogP contribution < -0.4 is 0 Å². The fourth-order valence-electron chi connectivity index (χ4n) is 1.59. The number of carbonyl (C=O) groups is 1. The molecule has 0 aromatic carbocycles.